The summed E-state index contributed by atoms with van der Waals surface area (Å²) in [5, 5.41) is 0. The molecule has 2 aromatic rings. The first-order valence-electron chi connectivity index (χ1n) is 8.16. The molecule has 0 aliphatic heterocycles. The van der Waals surface area contributed by atoms with Gasteiger partial charge in [0.1, 0.15) is 0 Å². The van der Waals surface area contributed by atoms with E-state index < -0.39 is 0 Å². The quantitative estimate of drug-likeness (QED) is 0.721. The van der Waals surface area contributed by atoms with Crippen LogP contribution in [0.4, 0.5) is 0 Å². The number of aryl methyl sites for hydroxylation is 1. The average Bonchev–Trinajstić information content (AvgIpc) is 2.61. The van der Waals surface area contributed by atoms with Gasteiger partial charge in [-0.25, -0.2) is 4.79 Å². The van der Waals surface area contributed by atoms with Crippen LogP contribution in [0.2, 0.25) is 0 Å². The molecular weight excluding hydrogens is 304 g/mol. The summed E-state index contributed by atoms with van der Waals surface area (Å²) in [6.45, 7) is 4.38. The minimum absolute atomic E-state index is 0.170. The highest BCUT2D eigenvalue weighted by atomic mass is 16.5. The van der Waals surface area contributed by atoms with E-state index in [0.717, 1.165) is 16.7 Å². The highest BCUT2D eigenvalue weighted by Crippen LogP contribution is 2.21. The number of hydrogen-bond donors (Lipinski definition) is 0. The molecule has 2 rings (SSSR count). The molecule has 0 bridgehead atoms. The van der Waals surface area contributed by atoms with Gasteiger partial charge in [-0.05, 0) is 49.1 Å². The van der Waals surface area contributed by atoms with E-state index >= 15 is 0 Å². The van der Waals surface area contributed by atoms with Crippen LogP contribution in [0.3, 0.4) is 0 Å². The predicted octanol–water partition coefficient (Wildman–Crippen LogP) is 4.03. The third-order valence-electron chi connectivity index (χ3n) is 3.61. The van der Waals surface area contributed by atoms with Crippen LogP contribution in [-0.2, 0) is 20.7 Å². The van der Waals surface area contributed by atoms with Gasteiger partial charge in [-0.1, -0.05) is 36.4 Å². The molecule has 4 heteroatoms. The van der Waals surface area contributed by atoms with Crippen molar-refractivity contribution in [2.45, 2.75) is 26.7 Å². The lowest BCUT2D eigenvalue weighted by atomic mass is 10.0. The minimum atomic E-state index is -0.307. The lowest BCUT2D eigenvalue weighted by molar-refractivity contribution is -0.143. The average molecular weight is 326 g/mol. The second-order valence-corrected chi connectivity index (χ2v) is 5.30. The number of rotatable bonds is 7. The number of carbonyl (C=O) groups is 2. The number of ether oxygens (including phenoxy) is 2. The van der Waals surface area contributed by atoms with Gasteiger partial charge in [0, 0.05) is 6.42 Å². The van der Waals surface area contributed by atoms with Crippen molar-refractivity contribution in [2.24, 2.45) is 0 Å². The van der Waals surface area contributed by atoms with Crippen LogP contribution in [0.15, 0.2) is 48.5 Å². The molecule has 4 nitrogen and oxygen atoms in total. The van der Waals surface area contributed by atoms with Gasteiger partial charge in [-0.2, -0.15) is 0 Å². The fraction of sp³-hybridized carbons (Fsp3) is 0.300. The maximum atomic E-state index is 11.7. The van der Waals surface area contributed by atoms with Crippen LogP contribution in [-0.4, -0.2) is 25.2 Å². The minimum Gasteiger partial charge on any atom is -0.466 e. The molecule has 0 atom stereocenters. The van der Waals surface area contributed by atoms with E-state index in [1.807, 2.05) is 36.4 Å². The Balaban J connectivity index is 2.00. The Morgan fingerprint density at radius 3 is 1.88 bits per heavy atom. The van der Waals surface area contributed by atoms with Gasteiger partial charge in [0.25, 0.3) is 0 Å². The predicted molar refractivity (Wildman–Crippen MR) is 92.8 cm³/mol. The maximum Gasteiger partial charge on any atom is 0.338 e. The van der Waals surface area contributed by atoms with Gasteiger partial charge in [-0.3, -0.25) is 4.79 Å². The van der Waals surface area contributed by atoms with Gasteiger partial charge < -0.3 is 9.47 Å². The van der Waals surface area contributed by atoms with Crippen molar-refractivity contribution in [2.75, 3.05) is 13.2 Å². The van der Waals surface area contributed by atoms with Crippen molar-refractivity contribution in [3.8, 4) is 11.1 Å². The van der Waals surface area contributed by atoms with Gasteiger partial charge in [0.05, 0.1) is 18.8 Å². The van der Waals surface area contributed by atoms with Crippen LogP contribution in [0.25, 0.3) is 11.1 Å². The van der Waals surface area contributed by atoms with Crippen molar-refractivity contribution < 1.29 is 19.1 Å². The van der Waals surface area contributed by atoms with Crippen LogP contribution >= 0.6 is 0 Å². The molecule has 0 aliphatic rings. The molecule has 0 spiro atoms. The molecule has 0 unspecified atom stereocenters. The zero-order valence-electron chi connectivity index (χ0n) is 14.1. The number of esters is 2. The van der Waals surface area contributed by atoms with Crippen LogP contribution in [0.5, 0.6) is 0 Å². The molecule has 0 aromatic heterocycles. The zero-order chi connectivity index (χ0) is 17.4. The van der Waals surface area contributed by atoms with Crippen molar-refractivity contribution in [1.29, 1.82) is 0 Å². The van der Waals surface area contributed by atoms with E-state index in [2.05, 4.69) is 0 Å². The number of hydrogen-bond acceptors (Lipinski definition) is 4. The normalized spacial score (nSPS) is 10.2. The molecule has 0 aliphatic carbocycles. The van der Waals surface area contributed by atoms with E-state index in [0.29, 0.717) is 31.6 Å². The molecule has 0 saturated carbocycles. The Hall–Kier alpha value is -2.62. The van der Waals surface area contributed by atoms with Crippen molar-refractivity contribution in [3.05, 3.63) is 59.7 Å². The van der Waals surface area contributed by atoms with E-state index in [1.54, 1.807) is 26.0 Å². The Labute approximate surface area is 142 Å². The first-order chi connectivity index (χ1) is 11.6. The molecule has 0 N–H and O–H groups in total. The van der Waals surface area contributed by atoms with Crippen molar-refractivity contribution >= 4 is 11.9 Å². The van der Waals surface area contributed by atoms with E-state index in [1.165, 1.54) is 0 Å². The van der Waals surface area contributed by atoms with Gasteiger partial charge in [0.2, 0.25) is 0 Å². The van der Waals surface area contributed by atoms with Crippen LogP contribution in [0, 0.1) is 0 Å². The smallest absolute Gasteiger partial charge is 0.338 e. The van der Waals surface area contributed by atoms with Crippen molar-refractivity contribution in [1.82, 2.24) is 0 Å². The first kappa shape index (κ1) is 17.7. The molecule has 0 amide bonds. The number of benzene rings is 2. The third-order valence-corrected chi connectivity index (χ3v) is 3.61. The fourth-order valence-electron chi connectivity index (χ4n) is 2.36. The lowest BCUT2D eigenvalue weighted by Gasteiger charge is -2.06. The SMILES string of the molecule is CCOC(=O)CCc1ccc(-c2ccc(C(=O)OCC)cc2)cc1. The third kappa shape index (κ3) is 4.95. The summed E-state index contributed by atoms with van der Waals surface area (Å²) in [6, 6.07) is 15.4. The second-order valence-electron chi connectivity index (χ2n) is 5.30. The lowest BCUT2D eigenvalue weighted by Crippen LogP contribution is -2.05. The molecule has 0 fully saturated rings. The zero-order valence-corrected chi connectivity index (χ0v) is 14.1. The standard InChI is InChI=1S/C20H22O4/c1-3-23-19(21)14-7-15-5-8-16(9-6-15)17-10-12-18(13-11-17)20(22)24-4-2/h5-6,8-13H,3-4,7,14H2,1-2H3. The maximum absolute atomic E-state index is 11.7. The fourth-order valence-corrected chi connectivity index (χ4v) is 2.36. The first-order valence-corrected chi connectivity index (χ1v) is 8.16. The van der Waals surface area contributed by atoms with Crippen LogP contribution in [0.1, 0.15) is 36.2 Å². The Kier molecular flexibility index (Phi) is 6.55. The van der Waals surface area contributed by atoms with E-state index in [9.17, 15) is 9.59 Å². The molecular formula is C20H22O4. The molecule has 0 heterocycles. The van der Waals surface area contributed by atoms with E-state index in [-0.39, 0.29) is 11.9 Å². The summed E-state index contributed by atoms with van der Waals surface area (Å²) in [4.78, 5) is 23.0. The Bertz CT molecular complexity index is 672. The number of carbonyl (C=O) groups excluding carboxylic acids is 2. The van der Waals surface area contributed by atoms with Crippen LogP contribution < -0.4 is 0 Å². The summed E-state index contributed by atoms with van der Waals surface area (Å²) in [5.41, 5.74) is 3.73. The molecule has 0 radical (unpaired) electrons. The van der Waals surface area contributed by atoms with Gasteiger partial charge in [0.15, 0.2) is 0 Å². The monoisotopic (exact) mass is 326 g/mol. The molecule has 2 aromatic carbocycles. The van der Waals surface area contributed by atoms with E-state index in [4.69, 9.17) is 9.47 Å². The molecule has 126 valence electrons. The highest BCUT2D eigenvalue weighted by molar-refractivity contribution is 5.90. The highest BCUT2D eigenvalue weighted by Gasteiger charge is 2.07. The summed E-state index contributed by atoms with van der Waals surface area (Å²) in [7, 11) is 0. The summed E-state index contributed by atoms with van der Waals surface area (Å²) in [6.07, 6.45) is 1.06. The second kappa shape index (κ2) is 8.87. The van der Waals surface area contributed by atoms with Gasteiger partial charge in [-0.15, -0.1) is 0 Å². The molecule has 0 saturated heterocycles. The van der Waals surface area contributed by atoms with Gasteiger partial charge >= 0.3 is 11.9 Å². The topological polar surface area (TPSA) is 52.6 Å². The summed E-state index contributed by atoms with van der Waals surface area (Å²) < 4.78 is 9.90. The summed E-state index contributed by atoms with van der Waals surface area (Å²) >= 11 is 0. The van der Waals surface area contributed by atoms with Crippen molar-refractivity contribution in [3.63, 3.8) is 0 Å². The summed E-state index contributed by atoms with van der Waals surface area (Å²) in [5.74, 6) is -0.477. The largest absolute Gasteiger partial charge is 0.466 e. The molecule has 24 heavy (non-hydrogen) atoms. The Morgan fingerprint density at radius 2 is 1.33 bits per heavy atom. The Morgan fingerprint density at radius 1 is 0.792 bits per heavy atom.